The third kappa shape index (κ3) is 3.62. The number of likely N-dealkylation sites (N-methyl/N-ethyl adjacent to an activating group) is 1. The van der Waals surface area contributed by atoms with Crippen molar-refractivity contribution in [2.75, 3.05) is 39.5 Å². The molecule has 3 aliphatic heterocycles. The van der Waals surface area contributed by atoms with E-state index in [2.05, 4.69) is 16.7 Å². The SMILES string of the molecule is CCN1CCN(C2=C(c3ccc(C)cc3)C(=O)N(Cc3ccc4c(c3)OCO4)C2=O)CC1. The van der Waals surface area contributed by atoms with Crippen molar-refractivity contribution in [1.29, 1.82) is 0 Å². The van der Waals surface area contributed by atoms with E-state index < -0.39 is 0 Å². The molecule has 0 unspecified atom stereocenters. The Morgan fingerprint density at radius 3 is 2.31 bits per heavy atom. The Morgan fingerprint density at radius 2 is 1.59 bits per heavy atom. The lowest BCUT2D eigenvalue weighted by atomic mass is 10.0. The number of ether oxygens (including phenoxy) is 2. The van der Waals surface area contributed by atoms with E-state index in [1.54, 1.807) is 0 Å². The number of nitrogens with zero attached hydrogens (tertiary/aromatic N) is 3. The van der Waals surface area contributed by atoms with Gasteiger partial charge in [-0.15, -0.1) is 0 Å². The molecule has 0 aromatic heterocycles. The molecule has 1 saturated heterocycles. The van der Waals surface area contributed by atoms with Crippen molar-refractivity contribution in [3.05, 3.63) is 64.9 Å². The number of imide groups is 1. The van der Waals surface area contributed by atoms with Crippen LogP contribution in [0.5, 0.6) is 11.5 Å². The predicted molar refractivity (Wildman–Crippen MR) is 120 cm³/mol. The summed E-state index contributed by atoms with van der Waals surface area (Å²) in [5.41, 5.74) is 3.75. The van der Waals surface area contributed by atoms with Crippen LogP contribution in [0, 0.1) is 6.92 Å². The largest absolute Gasteiger partial charge is 0.454 e. The quantitative estimate of drug-likeness (QED) is 0.676. The van der Waals surface area contributed by atoms with Crippen LogP contribution in [0.1, 0.15) is 23.6 Å². The van der Waals surface area contributed by atoms with E-state index in [1.165, 1.54) is 4.90 Å². The molecule has 1 fully saturated rings. The second kappa shape index (κ2) is 8.31. The van der Waals surface area contributed by atoms with E-state index in [0.717, 1.165) is 49.4 Å². The molecule has 0 aliphatic carbocycles. The summed E-state index contributed by atoms with van der Waals surface area (Å²) >= 11 is 0. The van der Waals surface area contributed by atoms with E-state index in [9.17, 15) is 9.59 Å². The zero-order chi connectivity index (χ0) is 22.2. The summed E-state index contributed by atoms with van der Waals surface area (Å²) in [5.74, 6) is 0.850. The first-order valence-electron chi connectivity index (χ1n) is 11.1. The van der Waals surface area contributed by atoms with Gasteiger partial charge >= 0.3 is 0 Å². The molecule has 5 rings (SSSR count). The molecule has 3 heterocycles. The maximum absolute atomic E-state index is 13.6. The highest BCUT2D eigenvalue weighted by Crippen LogP contribution is 2.36. The Labute approximate surface area is 187 Å². The number of carbonyl (C=O) groups is 2. The molecule has 0 bridgehead atoms. The lowest BCUT2D eigenvalue weighted by molar-refractivity contribution is -0.138. The summed E-state index contributed by atoms with van der Waals surface area (Å²) < 4.78 is 10.8. The van der Waals surface area contributed by atoms with Crippen LogP contribution in [-0.4, -0.2) is 66.0 Å². The standard InChI is InChI=1S/C25H27N3O4/c1-3-26-10-12-27(13-11-26)23-22(19-7-4-17(2)5-8-19)24(29)28(25(23)30)15-18-6-9-20-21(14-18)32-16-31-20/h4-9,14H,3,10-13,15-16H2,1-2H3. The number of aryl methyl sites for hydroxylation is 1. The Bertz CT molecular complexity index is 1080. The minimum absolute atomic E-state index is 0.188. The summed E-state index contributed by atoms with van der Waals surface area (Å²) in [6.07, 6.45) is 0. The van der Waals surface area contributed by atoms with E-state index in [4.69, 9.17) is 9.47 Å². The molecule has 3 aliphatic rings. The van der Waals surface area contributed by atoms with Crippen LogP contribution in [0.3, 0.4) is 0 Å². The number of benzene rings is 2. The van der Waals surface area contributed by atoms with Gasteiger partial charge < -0.3 is 19.3 Å². The molecule has 2 aromatic carbocycles. The Balaban J connectivity index is 1.48. The lowest BCUT2D eigenvalue weighted by Gasteiger charge is -2.36. The number of rotatable bonds is 5. The van der Waals surface area contributed by atoms with Gasteiger partial charge in [0.05, 0.1) is 12.1 Å². The van der Waals surface area contributed by atoms with Crippen molar-refractivity contribution >= 4 is 17.4 Å². The maximum atomic E-state index is 13.6. The Kier molecular flexibility index (Phi) is 5.35. The lowest BCUT2D eigenvalue weighted by Crippen LogP contribution is -2.47. The molecule has 2 amide bonds. The molecule has 0 radical (unpaired) electrons. The van der Waals surface area contributed by atoms with Gasteiger partial charge in [0.25, 0.3) is 11.8 Å². The fraction of sp³-hybridized carbons (Fsp3) is 0.360. The first-order chi connectivity index (χ1) is 15.5. The first kappa shape index (κ1) is 20.6. The van der Waals surface area contributed by atoms with Gasteiger partial charge in [0.15, 0.2) is 11.5 Å². The molecule has 166 valence electrons. The molecule has 2 aromatic rings. The van der Waals surface area contributed by atoms with Crippen LogP contribution in [0.15, 0.2) is 48.2 Å². The van der Waals surface area contributed by atoms with Gasteiger partial charge in [-0.25, -0.2) is 0 Å². The molecule has 0 atom stereocenters. The zero-order valence-corrected chi connectivity index (χ0v) is 18.5. The average molecular weight is 434 g/mol. The van der Waals surface area contributed by atoms with Gasteiger partial charge in [-0.2, -0.15) is 0 Å². The summed E-state index contributed by atoms with van der Waals surface area (Å²) in [6, 6.07) is 13.4. The van der Waals surface area contributed by atoms with Crippen LogP contribution in [0.25, 0.3) is 5.57 Å². The smallest absolute Gasteiger partial charge is 0.278 e. The minimum atomic E-state index is -0.246. The Morgan fingerprint density at radius 1 is 0.875 bits per heavy atom. The molecule has 7 heteroatoms. The number of amides is 2. The average Bonchev–Trinajstić information content (AvgIpc) is 3.37. The first-order valence-corrected chi connectivity index (χ1v) is 11.1. The van der Waals surface area contributed by atoms with E-state index in [1.807, 2.05) is 49.4 Å². The summed E-state index contributed by atoms with van der Waals surface area (Å²) in [7, 11) is 0. The molecule has 32 heavy (non-hydrogen) atoms. The van der Waals surface area contributed by atoms with Crippen LogP contribution < -0.4 is 9.47 Å². The zero-order valence-electron chi connectivity index (χ0n) is 18.5. The number of hydrogen-bond donors (Lipinski definition) is 0. The van der Waals surface area contributed by atoms with Gasteiger partial charge in [-0.05, 0) is 36.7 Å². The summed E-state index contributed by atoms with van der Waals surface area (Å²) in [4.78, 5) is 33.0. The Hall–Kier alpha value is -3.32. The van der Waals surface area contributed by atoms with Crippen molar-refractivity contribution in [1.82, 2.24) is 14.7 Å². The highest BCUT2D eigenvalue weighted by molar-refractivity contribution is 6.35. The number of piperazine rings is 1. The molecular weight excluding hydrogens is 406 g/mol. The highest BCUT2D eigenvalue weighted by atomic mass is 16.7. The normalized spacial score (nSPS) is 18.8. The number of hydrogen-bond acceptors (Lipinski definition) is 6. The van der Waals surface area contributed by atoms with Gasteiger partial charge in [0, 0.05) is 26.2 Å². The van der Waals surface area contributed by atoms with Crippen molar-refractivity contribution in [2.24, 2.45) is 0 Å². The molecule has 7 nitrogen and oxygen atoms in total. The fourth-order valence-corrected chi connectivity index (χ4v) is 4.49. The number of fused-ring (bicyclic) bond motifs is 1. The van der Waals surface area contributed by atoms with Crippen LogP contribution >= 0.6 is 0 Å². The fourth-order valence-electron chi connectivity index (χ4n) is 4.49. The van der Waals surface area contributed by atoms with Crippen molar-refractivity contribution in [2.45, 2.75) is 20.4 Å². The maximum Gasteiger partial charge on any atom is 0.278 e. The topological polar surface area (TPSA) is 62.3 Å². The summed E-state index contributed by atoms with van der Waals surface area (Å²) in [6.45, 7) is 8.75. The van der Waals surface area contributed by atoms with E-state index >= 15 is 0 Å². The monoisotopic (exact) mass is 433 g/mol. The molecule has 0 spiro atoms. The van der Waals surface area contributed by atoms with Crippen molar-refractivity contribution < 1.29 is 19.1 Å². The van der Waals surface area contributed by atoms with Gasteiger partial charge in [-0.3, -0.25) is 14.5 Å². The molecular formula is C25H27N3O4. The van der Waals surface area contributed by atoms with Crippen LogP contribution in [0.4, 0.5) is 0 Å². The second-order valence-corrected chi connectivity index (χ2v) is 8.40. The number of carbonyl (C=O) groups excluding carboxylic acids is 2. The van der Waals surface area contributed by atoms with Gasteiger partial charge in [-0.1, -0.05) is 42.8 Å². The third-order valence-corrected chi connectivity index (χ3v) is 6.40. The highest BCUT2D eigenvalue weighted by Gasteiger charge is 2.42. The predicted octanol–water partition coefficient (Wildman–Crippen LogP) is 2.64. The van der Waals surface area contributed by atoms with Gasteiger partial charge in [0.1, 0.15) is 5.70 Å². The van der Waals surface area contributed by atoms with Crippen LogP contribution in [0.2, 0.25) is 0 Å². The second-order valence-electron chi connectivity index (χ2n) is 8.40. The van der Waals surface area contributed by atoms with E-state index in [-0.39, 0.29) is 25.2 Å². The molecule has 0 saturated carbocycles. The van der Waals surface area contributed by atoms with Crippen molar-refractivity contribution in [3.63, 3.8) is 0 Å². The van der Waals surface area contributed by atoms with E-state index in [0.29, 0.717) is 22.8 Å². The van der Waals surface area contributed by atoms with Gasteiger partial charge in [0.2, 0.25) is 6.79 Å². The third-order valence-electron chi connectivity index (χ3n) is 6.40. The summed E-state index contributed by atoms with van der Waals surface area (Å²) in [5, 5.41) is 0. The molecule has 0 N–H and O–H groups in total. The van der Waals surface area contributed by atoms with Crippen LogP contribution in [-0.2, 0) is 16.1 Å². The minimum Gasteiger partial charge on any atom is -0.454 e. The van der Waals surface area contributed by atoms with Crippen molar-refractivity contribution in [3.8, 4) is 11.5 Å².